The quantitative estimate of drug-likeness (QED) is 0.647. The van der Waals surface area contributed by atoms with E-state index >= 15 is 0 Å². The highest BCUT2D eigenvalue weighted by molar-refractivity contribution is 5.82. The first-order valence-electron chi connectivity index (χ1n) is 5.73. The Kier molecular flexibility index (Phi) is 2.41. The number of imidazole rings is 1. The molecule has 0 radical (unpaired) electrons. The van der Waals surface area contributed by atoms with E-state index in [1.807, 2.05) is 16.7 Å². The number of hydrogen-bond donors (Lipinski definition) is 3. The molecule has 0 spiro atoms. The smallest absolute Gasteiger partial charge is 0.224 e. The lowest BCUT2D eigenvalue weighted by molar-refractivity contribution is 0.205. The molecule has 5 N–H and O–H groups in total. The van der Waals surface area contributed by atoms with E-state index in [1.165, 1.54) is 0 Å². The van der Waals surface area contributed by atoms with Gasteiger partial charge in [-0.25, -0.2) is 4.98 Å². The molecular formula is C11H14N6O. The summed E-state index contributed by atoms with van der Waals surface area (Å²) in [5.41, 5.74) is 12.5. The largest absolute Gasteiger partial charge is 0.396 e. The highest BCUT2D eigenvalue weighted by atomic mass is 16.3. The fourth-order valence-corrected chi connectivity index (χ4v) is 2.37. The molecule has 0 fully saturated rings. The van der Waals surface area contributed by atoms with Gasteiger partial charge in [0.15, 0.2) is 11.5 Å². The molecule has 0 saturated carbocycles. The van der Waals surface area contributed by atoms with E-state index in [4.69, 9.17) is 11.5 Å². The second kappa shape index (κ2) is 3.95. The number of allylic oxidation sites excluding steroid dienone is 2. The number of aliphatic hydroxyl groups is 1. The molecule has 0 aliphatic heterocycles. The van der Waals surface area contributed by atoms with E-state index in [9.17, 15) is 5.11 Å². The number of hydrogen-bond acceptors (Lipinski definition) is 6. The molecule has 2 heterocycles. The van der Waals surface area contributed by atoms with Crippen LogP contribution in [-0.4, -0.2) is 31.2 Å². The summed E-state index contributed by atoms with van der Waals surface area (Å²) >= 11 is 0. The lowest BCUT2D eigenvalue weighted by atomic mass is 10.0. The van der Waals surface area contributed by atoms with Crippen molar-refractivity contribution in [2.45, 2.75) is 12.5 Å². The summed E-state index contributed by atoms with van der Waals surface area (Å²) in [6, 6.07) is 0.0358. The zero-order chi connectivity index (χ0) is 12.7. The lowest BCUT2D eigenvalue weighted by Crippen LogP contribution is -2.17. The predicted molar refractivity (Wildman–Crippen MR) is 67.5 cm³/mol. The average molecular weight is 246 g/mol. The van der Waals surface area contributed by atoms with Gasteiger partial charge in [0.2, 0.25) is 5.95 Å². The Morgan fingerprint density at radius 2 is 2.22 bits per heavy atom. The average Bonchev–Trinajstić information content (AvgIpc) is 2.93. The molecule has 1 aliphatic rings. The number of fused-ring (bicyclic) bond motifs is 1. The molecule has 0 aromatic carbocycles. The van der Waals surface area contributed by atoms with Crippen LogP contribution in [0.4, 0.5) is 11.8 Å². The summed E-state index contributed by atoms with van der Waals surface area (Å²) in [4.78, 5) is 12.3. The van der Waals surface area contributed by atoms with Gasteiger partial charge in [0, 0.05) is 12.5 Å². The second-order valence-corrected chi connectivity index (χ2v) is 4.39. The minimum Gasteiger partial charge on any atom is -0.396 e. The van der Waals surface area contributed by atoms with Crippen molar-refractivity contribution < 1.29 is 5.11 Å². The molecule has 0 amide bonds. The van der Waals surface area contributed by atoms with Crippen molar-refractivity contribution >= 4 is 22.9 Å². The molecule has 94 valence electrons. The first kappa shape index (κ1) is 11.0. The SMILES string of the molecule is Nc1nc(N)c2ncn([C@H]3C=CC[C@H]3CO)c2n1. The van der Waals surface area contributed by atoms with Gasteiger partial charge in [-0.15, -0.1) is 0 Å². The highest BCUT2D eigenvalue weighted by Crippen LogP contribution is 2.32. The van der Waals surface area contributed by atoms with Crippen molar-refractivity contribution in [1.29, 1.82) is 0 Å². The summed E-state index contributed by atoms with van der Waals surface area (Å²) < 4.78 is 1.88. The number of aromatic nitrogens is 4. The fraction of sp³-hybridized carbons (Fsp3) is 0.364. The van der Waals surface area contributed by atoms with Gasteiger partial charge in [0.1, 0.15) is 5.52 Å². The van der Waals surface area contributed by atoms with Crippen molar-refractivity contribution in [3.05, 3.63) is 18.5 Å². The molecule has 1 aliphatic carbocycles. The van der Waals surface area contributed by atoms with Gasteiger partial charge in [-0.2, -0.15) is 9.97 Å². The number of nitrogen functional groups attached to an aromatic ring is 2. The van der Waals surface area contributed by atoms with Crippen LogP contribution in [0.25, 0.3) is 11.2 Å². The third kappa shape index (κ3) is 1.52. The summed E-state index contributed by atoms with van der Waals surface area (Å²) in [6.07, 6.45) is 6.59. The van der Waals surface area contributed by atoms with Crippen molar-refractivity contribution in [2.24, 2.45) is 5.92 Å². The minimum absolute atomic E-state index is 0.0358. The third-order valence-corrected chi connectivity index (χ3v) is 3.28. The maximum Gasteiger partial charge on any atom is 0.224 e. The molecule has 2 aromatic heterocycles. The molecule has 7 nitrogen and oxygen atoms in total. The molecule has 3 rings (SSSR count). The van der Waals surface area contributed by atoms with Crippen molar-refractivity contribution in [3.63, 3.8) is 0 Å². The molecule has 0 saturated heterocycles. The van der Waals surface area contributed by atoms with E-state index in [2.05, 4.69) is 15.0 Å². The van der Waals surface area contributed by atoms with Crippen molar-refractivity contribution in [1.82, 2.24) is 19.5 Å². The van der Waals surface area contributed by atoms with Gasteiger partial charge in [0.25, 0.3) is 0 Å². The third-order valence-electron chi connectivity index (χ3n) is 3.28. The van der Waals surface area contributed by atoms with Crippen LogP contribution in [-0.2, 0) is 0 Å². The van der Waals surface area contributed by atoms with E-state index in [1.54, 1.807) is 6.33 Å². The molecule has 2 aromatic rings. The second-order valence-electron chi connectivity index (χ2n) is 4.39. The molecule has 0 unspecified atom stereocenters. The van der Waals surface area contributed by atoms with Crippen LogP contribution in [0.3, 0.4) is 0 Å². The Morgan fingerprint density at radius 3 is 3.00 bits per heavy atom. The number of nitrogens with zero attached hydrogens (tertiary/aromatic N) is 4. The molecule has 18 heavy (non-hydrogen) atoms. The molecular weight excluding hydrogens is 232 g/mol. The first-order valence-corrected chi connectivity index (χ1v) is 5.73. The fourth-order valence-electron chi connectivity index (χ4n) is 2.37. The van der Waals surface area contributed by atoms with Crippen molar-refractivity contribution in [2.75, 3.05) is 18.1 Å². The molecule has 2 atom stereocenters. The van der Waals surface area contributed by atoms with E-state index < -0.39 is 0 Å². The zero-order valence-corrected chi connectivity index (χ0v) is 9.69. The number of aliphatic hydroxyl groups excluding tert-OH is 1. The van der Waals surface area contributed by atoms with Crippen LogP contribution in [0.15, 0.2) is 18.5 Å². The standard InChI is InChI=1S/C11H14N6O/c12-9-8-10(16-11(13)15-9)17(5-14-8)7-3-1-2-6(7)4-18/h1,3,5-7,18H,2,4H2,(H4,12,13,15,16)/t6-,7-/m0/s1. The monoisotopic (exact) mass is 246 g/mol. The van der Waals surface area contributed by atoms with Gasteiger partial charge in [-0.05, 0) is 6.42 Å². The van der Waals surface area contributed by atoms with Gasteiger partial charge >= 0.3 is 0 Å². The maximum absolute atomic E-state index is 9.36. The topological polar surface area (TPSA) is 116 Å². The lowest BCUT2D eigenvalue weighted by Gasteiger charge is -2.18. The van der Waals surface area contributed by atoms with Crippen LogP contribution in [0.2, 0.25) is 0 Å². The predicted octanol–water partition coefficient (Wildman–Crippen LogP) is 0.100. The van der Waals surface area contributed by atoms with Gasteiger partial charge in [-0.3, -0.25) is 0 Å². The Morgan fingerprint density at radius 1 is 1.39 bits per heavy atom. The molecule has 0 bridgehead atoms. The molecule has 7 heteroatoms. The summed E-state index contributed by atoms with van der Waals surface area (Å²) in [7, 11) is 0. The van der Waals surface area contributed by atoms with Crippen LogP contribution < -0.4 is 11.5 Å². The summed E-state index contributed by atoms with van der Waals surface area (Å²) in [6.45, 7) is 0.118. The minimum atomic E-state index is 0.0358. The van der Waals surface area contributed by atoms with Gasteiger partial charge < -0.3 is 21.1 Å². The van der Waals surface area contributed by atoms with E-state index in [0.717, 1.165) is 6.42 Å². The van der Waals surface area contributed by atoms with Crippen LogP contribution in [0.5, 0.6) is 0 Å². The van der Waals surface area contributed by atoms with Gasteiger partial charge in [0.05, 0.1) is 12.4 Å². The zero-order valence-electron chi connectivity index (χ0n) is 9.69. The van der Waals surface area contributed by atoms with Crippen LogP contribution >= 0.6 is 0 Å². The Hall–Kier alpha value is -2.15. The first-order chi connectivity index (χ1) is 8.70. The number of rotatable bonds is 2. The van der Waals surface area contributed by atoms with E-state index in [-0.39, 0.29) is 30.3 Å². The number of nitrogens with two attached hydrogens (primary N) is 2. The van der Waals surface area contributed by atoms with E-state index in [0.29, 0.717) is 11.2 Å². The maximum atomic E-state index is 9.36. The van der Waals surface area contributed by atoms with Crippen LogP contribution in [0.1, 0.15) is 12.5 Å². The normalized spacial score (nSPS) is 22.9. The number of anilines is 2. The Labute approximate surface area is 103 Å². The van der Waals surface area contributed by atoms with Gasteiger partial charge in [-0.1, -0.05) is 12.2 Å². The highest BCUT2D eigenvalue weighted by Gasteiger charge is 2.26. The summed E-state index contributed by atoms with van der Waals surface area (Å²) in [5.74, 6) is 0.544. The summed E-state index contributed by atoms with van der Waals surface area (Å²) in [5, 5.41) is 9.36. The Balaban J connectivity index is 2.15. The van der Waals surface area contributed by atoms with Crippen LogP contribution in [0, 0.1) is 5.92 Å². The van der Waals surface area contributed by atoms with Crippen molar-refractivity contribution in [3.8, 4) is 0 Å². The Bertz CT molecular complexity index is 619.